The fraction of sp³-hybridized carbons (Fsp3) is 0.100. The molecule has 5 nitrogen and oxygen atoms in total. The predicted molar refractivity (Wildman–Crippen MR) is 62.3 cm³/mol. The van der Waals surface area contributed by atoms with Crippen molar-refractivity contribution in [3.8, 4) is 11.8 Å². The lowest BCUT2D eigenvalue weighted by Gasteiger charge is -2.04. The maximum atomic E-state index is 8.98. The summed E-state index contributed by atoms with van der Waals surface area (Å²) in [7, 11) is 0. The highest BCUT2D eigenvalue weighted by molar-refractivity contribution is 6.31. The van der Waals surface area contributed by atoms with Gasteiger partial charge in [0.15, 0.2) is 0 Å². The van der Waals surface area contributed by atoms with Crippen molar-refractivity contribution in [3.05, 3.63) is 40.4 Å². The number of aliphatic hydroxyl groups excluding tert-OH is 1. The lowest BCUT2D eigenvalue weighted by molar-refractivity contribution is 0.281. The Morgan fingerprint density at radius 3 is 2.47 bits per heavy atom. The molecule has 0 fully saturated rings. The van der Waals surface area contributed by atoms with Crippen LogP contribution in [-0.2, 0) is 6.61 Å². The van der Waals surface area contributed by atoms with Gasteiger partial charge >= 0.3 is 6.01 Å². The smallest absolute Gasteiger partial charge is 0.327 e. The second-order valence-electron chi connectivity index (χ2n) is 3.06. The second-order valence-corrected chi connectivity index (χ2v) is 3.74. The van der Waals surface area contributed by atoms with Gasteiger partial charge in [-0.05, 0) is 40.9 Å². The van der Waals surface area contributed by atoms with E-state index in [1.54, 1.807) is 24.3 Å². The molecule has 0 saturated heterocycles. The molecule has 0 unspecified atom stereocenters. The number of rotatable bonds is 3. The van der Waals surface area contributed by atoms with Crippen LogP contribution in [0.2, 0.25) is 10.6 Å². The van der Waals surface area contributed by atoms with Crippen molar-refractivity contribution in [2.75, 3.05) is 0 Å². The van der Waals surface area contributed by atoms with Gasteiger partial charge in [0, 0.05) is 0 Å². The van der Waals surface area contributed by atoms with E-state index in [9.17, 15) is 0 Å². The van der Waals surface area contributed by atoms with Gasteiger partial charge in [-0.25, -0.2) is 0 Å². The van der Waals surface area contributed by atoms with Gasteiger partial charge in [0.25, 0.3) is 0 Å². The number of aliphatic hydroxyl groups is 1. The molecule has 0 atom stereocenters. The number of hydrogen-bond donors (Lipinski definition) is 1. The zero-order chi connectivity index (χ0) is 12.3. The Morgan fingerprint density at radius 1 is 1.12 bits per heavy atom. The van der Waals surface area contributed by atoms with Crippen molar-refractivity contribution in [2.24, 2.45) is 0 Å². The van der Waals surface area contributed by atoms with E-state index in [1.165, 1.54) is 0 Å². The first kappa shape index (κ1) is 12.0. The van der Waals surface area contributed by atoms with Crippen LogP contribution in [0, 0.1) is 0 Å². The van der Waals surface area contributed by atoms with Crippen molar-refractivity contribution in [2.45, 2.75) is 6.61 Å². The Hall–Kier alpha value is -1.43. The summed E-state index contributed by atoms with van der Waals surface area (Å²) in [5, 5.41) is 8.89. The summed E-state index contributed by atoms with van der Waals surface area (Å²) in [6.07, 6.45) is 0. The minimum Gasteiger partial charge on any atom is -0.424 e. The predicted octanol–water partition coefficient (Wildman–Crippen LogP) is 2.46. The lowest BCUT2D eigenvalue weighted by Crippen LogP contribution is -1.95. The monoisotopic (exact) mass is 271 g/mol. The van der Waals surface area contributed by atoms with Gasteiger partial charge in [0.1, 0.15) is 5.75 Å². The Balaban J connectivity index is 2.24. The van der Waals surface area contributed by atoms with Gasteiger partial charge in [-0.15, -0.1) is 0 Å². The number of nitrogens with zero attached hydrogens (tertiary/aromatic N) is 3. The van der Waals surface area contributed by atoms with Crippen LogP contribution in [-0.4, -0.2) is 20.1 Å². The van der Waals surface area contributed by atoms with E-state index in [1.807, 2.05) is 0 Å². The molecule has 0 aliphatic rings. The molecule has 0 amide bonds. The van der Waals surface area contributed by atoms with Crippen LogP contribution >= 0.6 is 23.2 Å². The highest BCUT2D eigenvalue weighted by Crippen LogP contribution is 2.20. The van der Waals surface area contributed by atoms with Gasteiger partial charge in [-0.1, -0.05) is 12.1 Å². The Bertz CT molecular complexity index is 516. The van der Waals surface area contributed by atoms with Gasteiger partial charge in [0.05, 0.1) is 6.61 Å². The summed E-state index contributed by atoms with van der Waals surface area (Å²) in [5.74, 6) is 0.481. The van der Waals surface area contributed by atoms with Crippen LogP contribution in [0.4, 0.5) is 0 Å². The van der Waals surface area contributed by atoms with Gasteiger partial charge in [-0.2, -0.15) is 15.0 Å². The molecule has 1 heterocycles. The summed E-state index contributed by atoms with van der Waals surface area (Å²) >= 11 is 11.2. The van der Waals surface area contributed by atoms with E-state index in [-0.39, 0.29) is 23.2 Å². The fourth-order valence-electron chi connectivity index (χ4n) is 1.17. The second kappa shape index (κ2) is 5.27. The van der Waals surface area contributed by atoms with Crippen molar-refractivity contribution in [3.63, 3.8) is 0 Å². The van der Waals surface area contributed by atoms with Crippen molar-refractivity contribution < 1.29 is 9.84 Å². The highest BCUT2D eigenvalue weighted by Gasteiger charge is 2.05. The maximum absolute atomic E-state index is 8.98. The molecule has 0 aliphatic carbocycles. The summed E-state index contributed by atoms with van der Waals surface area (Å²) in [6, 6.07) is 6.87. The minimum atomic E-state index is -0.0735. The van der Waals surface area contributed by atoms with Crippen LogP contribution in [0.5, 0.6) is 11.8 Å². The summed E-state index contributed by atoms with van der Waals surface area (Å²) < 4.78 is 5.34. The molecular weight excluding hydrogens is 265 g/mol. The number of benzene rings is 1. The van der Waals surface area contributed by atoms with E-state index in [0.717, 1.165) is 0 Å². The summed E-state index contributed by atoms with van der Waals surface area (Å²) in [6.45, 7) is -0.0735. The largest absolute Gasteiger partial charge is 0.424 e. The number of ether oxygens (including phenoxy) is 1. The number of halogens is 2. The molecule has 1 aromatic carbocycles. The molecule has 1 N–H and O–H groups in total. The van der Waals surface area contributed by atoms with E-state index in [0.29, 0.717) is 11.3 Å². The third-order valence-corrected chi connectivity index (χ3v) is 2.19. The highest BCUT2D eigenvalue weighted by atomic mass is 35.5. The van der Waals surface area contributed by atoms with Crippen LogP contribution in [0.25, 0.3) is 0 Å². The van der Waals surface area contributed by atoms with Gasteiger partial charge in [0.2, 0.25) is 10.6 Å². The van der Waals surface area contributed by atoms with Crippen LogP contribution in [0.3, 0.4) is 0 Å². The molecular formula is C10H7Cl2N3O2. The molecule has 2 aromatic rings. The van der Waals surface area contributed by atoms with E-state index in [4.69, 9.17) is 33.0 Å². The van der Waals surface area contributed by atoms with Crippen molar-refractivity contribution in [1.29, 1.82) is 0 Å². The molecule has 0 spiro atoms. The normalized spacial score (nSPS) is 10.3. The zero-order valence-corrected chi connectivity index (χ0v) is 9.98. The Kier molecular flexibility index (Phi) is 3.73. The lowest BCUT2D eigenvalue weighted by atomic mass is 10.2. The van der Waals surface area contributed by atoms with E-state index in [2.05, 4.69) is 15.0 Å². The summed E-state index contributed by atoms with van der Waals surface area (Å²) in [5.41, 5.74) is 0.716. The van der Waals surface area contributed by atoms with Crippen LogP contribution < -0.4 is 4.74 Å². The summed E-state index contributed by atoms with van der Waals surface area (Å²) in [4.78, 5) is 11.1. The fourth-order valence-corrected chi connectivity index (χ4v) is 1.52. The standard InChI is InChI=1S/C10H7Cl2N3O2/c11-8-13-9(12)15-10(14-8)17-7-3-1-2-6(4-7)5-16/h1-4,16H,5H2. The molecule has 0 saturated carbocycles. The maximum Gasteiger partial charge on any atom is 0.327 e. The minimum absolute atomic E-state index is 0.00471. The molecule has 0 radical (unpaired) electrons. The third kappa shape index (κ3) is 3.26. The average molecular weight is 272 g/mol. The van der Waals surface area contributed by atoms with Gasteiger partial charge < -0.3 is 9.84 Å². The average Bonchev–Trinajstić information content (AvgIpc) is 2.28. The van der Waals surface area contributed by atoms with Crippen LogP contribution in [0.1, 0.15) is 5.56 Å². The molecule has 2 rings (SSSR count). The quantitative estimate of drug-likeness (QED) is 0.929. The van der Waals surface area contributed by atoms with E-state index >= 15 is 0 Å². The molecule has 0 bridgehead atoms. The molecule has 88 valence electrons. The number of hydrogen-bond acceptors (Lipinski definition) is 5. The first-order valence-electron chi connectivity index (χ1n) is 4.62. The van der Waals surface area contributed by atoms with Crippen LogP contribution in [0.15, 0.2) is 24.3 Å². The molecule has 1 aromatic heterocycles. The Morgan fingerprint density at radius 2 is 1.82 bits per heavy atom. The Labute approximate surface area is 107 Å². The van der Waals surface area contributed by atoms with E-state index < -0.39 is 0 Å². The third-order valence-electron chi connectivity index (χ3n) is 1.85. The number of aromatic nitrogens is 3. The van der Waals surface area contributed by atoms with Crippen molar-refractivity contribution in [1.82, 2.24) is 15.0 Å². The molecule has 7 heteroatoms. The van der Waals surface area contributed by atoms with Gasteiger partial charge in [-0.3, -0.25) is 0 Å². The van der Waals surface area contributed by atoms with Crippen molar-refractivity contribution >= 4 is 23.2 Å². The topological polar surface area (TPSA) is 68.1 Å². The molecule has 0 aliphatic heterocycles. The molecule has 17 heavy (non-hydrogen) atoms. The zero-order valence-electron chi connectivity index (χ0n) is 8.47. The first-order valence-corrected chi connectivity index (χ1v) is 5.37. The SMILES string of the molecule is OCc1cccc(Oc2nc(Cl)nc(Cl)n2)c1. The first-order chi connectivity index (χ1) is 8.17.